The maximum absolute atomic E-state index is 9.26. The highest BCUT2D eigenvalue weighted by atomic mass is 35.5. The molecule has 0 bridgehead atoms. The number of imidazole rings is 1. The molecule has 0 aliphatic carbocycles. The molecule has 0 spiro atoms. The maximum Gasteiger partial charge on any atom is 0.153 e. The molecule has 0 radical (unpaired) electrons. The van der Waals surface area contributed by atoms with E-state index in [1.807, 2.05) is 32.2 Å². The van der Waals surface area contributed by atoms with Gasteiger partial charge in [-0.25, -0.2) is 4.98 Å². The lowest BCUT2D eigenvalue weighted by Gasteiger charge is -2.10. The van der Waals surface area contributed by atoms with E-state index in [4.69, 9.17) is 16.3 Å². The van der Waals surface area contributed by atoms with Crippen molar-refractivity contribution in [1.29, 1.82) is 0 Å². The summed E-state index contributed by atoms with van der Waals surface area (Å²) >= 11 is 6.00. The molecule has 96 valence electrons. The van der Waals surface area contributed by atoms with Crippen LogP contribution in [0.2, 0.25) is 5.15 Å². The molecule has 1 N–H and O–H groups in total. The van der Waals surface area contributed by atoms with E-state index in [0.717, 1.165) is 16.9 Å². The van der Waals surface area contributed by atoms with E-state index in [0.29, 0.717) is 16.7 Å². The summed E-state index contributed by atoms with van der Waals surface area (Å²) in [5.41, 5.74) is 2.56. The Morgan fingerprint density at radius 1 is 1.44 bits per heavy atom. The van der Waals surface area contributed by atoms with Gasteiger partial charge in [0.1, 0.15) is 11.6 Å². The molecule has 5 heteroatoms. The fourth-order valence-electron chi connectivity index (χ4n) is 1.91. The second-order valence-electron chi connectivity index (χ2n) is 4.09. The summed E-state index contributed by atoms with van der Waals surface area (Å²) < 4.78 is 7.11. The summed E-state index contributed by atoms with van der Waals surface area (Å²) in [5.74, 6) is 1.42. The van der Waals surface area contributed by atoms with Crippen molar-refractivity contribution in [3.63, 3.8) is 0 Å². The number of aliphatic hydroxyl groups is 1. The Morgan fingerprint density at radius 2 is 2.17 bits per heavy atom. The number of halogens is 1. The molecule has 18 heavy (non-hydrogen) atoms. The van der Waals surface area contributed by atoms with Crippen LogP contribution < -0.4 is 4.74 Å². The van der Waals surface area contributed by atoms with E-state index in [1.165, 1.54) is 0 Å². The third-order valence-electron chi connectivity index (χ3n) is 2.91. The van der Waals surface area contributed by atoms with Crippen LogP contribution in [-0.4, -0.2) is 21.8 Å². The fraction of sp³-hybridized carbons (Fsp3) is 0.308. The second-order valence-corrected chi connectivity index (χ2v) is 4.45. The largest absolute Gasteiger partial charge is 0.496 e. The van der Waals surface area contributed by atoms with Crippen molar-refractivity contribution < 1.29 is 9.84 Å². The molecule has 0 aliphatic rings. The van der Waals surface area contributed by atoms with E-state index >= 15 is 0 Å². The van der Waals surface area contributed by atoms with E-state index in [-0.39, 0.29) is 6.61 Å². The van der Waals surface area contributed by atoms with Crippen LogP contribution in [0.4, 0.5) is 0 Å². The molecule has 0 saturated carbocycles. The Labute approximate surface area is 111 Å². The molecule has 0 fully saturated rings. The van der Waals surface area contributed by atoms with Gasteiger partial charge in [-0.3, -0.25) is 0 Å². The molecule has 0 amide bonds. The Kier molecular flexibility index (Phi) is 3.59. The number of rotatable bonds is 3. The molecule has 1 aromatic carbocycles. The molecule has 1 heterocycles. The molecule has 2 rings (SSSR count). The van der Waals surface area contributed by atoms with Crippen molar-refractivity contribution >= 4 is 11.6 Å². The molecule has 0 saturated heterocycles. The van der Waals surface area contributed by atoms with Gasteiger partial charge in [0.25, 0.3) is 0 Å². The average molecular weight is 267 g/mol. The van der Waals surface area contributed by atoms with Crippen molar-refractivity contribution in [2.75, 3.05) is 7.11 Å². The SMILES string of the molecule is COc1ccc(C)cc1-c1nc(Cl)c(CO)n1C. The minimum Gasteiger partial charge on any atom is -0.496 e. The lowest BCUT2D eigenvalue weighted by atomic mass is 10.1. The number of methoxy groups -OCH3 is 1. The highest BCUT2D eigenvalue weighted by Gasteiger charge is 2.17. The molecule has 0 atom stereocenters. The molecular formula is C13H15ClN2O2. The monoisotopic (exact) mass is 266 g/mol. The highest BCUT2D eigenvalue weighted by molar-refractivity contribution is 6.30. The Morgan fingerprint density at radius 3 is 2.72 bits per heavy atom. The first-order chi connectivity index (χ1) is 8.58. The molecule has 4 nitrogen and oxygen atoms in total. The van der Waals surface area contributed by atoms with Crippen molar-refractivity contribution in [1.82, 2.24) is 9.55 Å². The minimum atomic E-state index is -0.142. The Balaban J connectivity index is 2.65. The summed E-state index contributed by atoms with van der Waals surface area (Å²) in [6.07, 6.45) is 0. The summed E-state index contributed by atoms with van der Waals surface area (Å²) in [6, 6.07) is 5.85. The Hall–Kier alpha value is -1.52. The number of ether oxygens (including phenoxy) is 1. The molecule has 2 aromatic rings. The van der Waals surface area contributed by atoms with Crippen LogP contribution in [0.25, 0.3) is 11.4 Å². The summed E-state index contributed by atoms with van der Waals surface area (Å²) in [5, 5.41) is 9.58. The summed E-state index contributed by atoms with van der Waals surface area (Å²) in [7, 11) is 3.44. The molecule has 0 unspecified atom stereocenters. The van der Waals surface area contributed by atoms with Gasteiger partial charge in [-0.05, 0) is 19.1 Å². The molecule has 1 aromatic heterocycles. The predicted octanol–water partition coefficient (Wildman–Crippen LogP) is 2.55. The normalized spacial score (nSPS) is 10.7. The smallest absolute Gasteiger partial charge is 0.153 e. The van der Waals surface area contributed by atoms with Crippen LogP contribution in [0.1, 0.15) is 11.3 Å². The first-order valence-corrected chi connectivity index (χ1v) is 5.93. The van der Waals surface area contributed by atoms with Gasteiger partial charge in [-0.2, -0.15) is 0 Å². The molecule has 0 aliphatic heterocycles. The number of aliphatic hydroxyl groups excluding tert-OH is 1. The van der Waals surface area contributed by atoms with E-state index < -0.39 is 0 Å². The van der Waals surface area contributed by atoms with Crippen molar-refractivity contribution in [3.8, 4) is 17.1 Å². The number of benzene rings is 1. The zero-order chi connectivity index (χ0) is 13.3. The number of aromatic nitrogens is 2. The highest BCUT2D eigenvalue weighted by Crippen LogP contribution is 2.32. The van der Waals surface area contributed by atoms with Crippen LogP contribution in [0, 0.1) is 6.92 Å². The summed E-state index contributed by atoms with van der Waals surface area (Å²) in [4.78, 5) is 4.29. The van der Waals surface area contributed by atoms with Gasteiger partial charge in [0.15, 0.2) is 5.15 Å². The van der Waals surface area contributed by atoms with Gasteiger partial charge in [-0.15, -0.1) is 0 Å². The maximum atomic E-state index is 9.26. The van der Waals surface area contributed by atoms with Crippen LogP contribution >= 0.6 is 11.6 Å². The third-order valence-corrected chi connectivity index (χ3v) is 3.21. The van der Waals surface area contributed by atoms with Gasteiger partial charge in [-0.1, -0.05) is 23.2 Å². The van der Waals surface area contributed by atoms with E-state index in [1.54, 1.807) is 11.7 Å². The number of hydrogen-bond acceptors (Lipinski definition) is 3. The van der Waals surface area contributed by atoms with Gasteiger partial charge >= 0.3 is 0 Å². The zero-order valence-corrected chi connectivity index (χ0v) is 11.3. The van der Waals surface area contributed by atoms with Crippen molar-refractivity contribution in [2.24, 2.45) is 7.05 Å². The third kappa shape index (κ3) is 2.09. The zero-order valence-electron chi connectivity index (χ0n) is 10.6. The number of nitrogens with zero attached hydrogens (tertiary/aromatic N) is 2. The minimum absolute atomic E-state index is 0.142. The standard InChI is InChI=1S/C13H15ClN2O2/c1-8-4-5-11(18-3)9(6-8)13-15-12(14)10(7-17)16(13)2/h4-6,17H,7H2,1-3H3. The van der Waals surface area contributed by atoms with Crippen LogP contribution in [0.3, 0.4) is 0 Å². The first kappa shape index (κ1) is 12.9. The van der Waals surface area contributed by atoms with E-state index in [2.05, 4.69) is 4.98 Å². The Bertz CT molecular complexity index is 579. The van der Waals surface area contributed by atoms with Crippen molar-refractivity contribution in [2.45, 2.75) is 13.5 Å². The number of aryl methyl sites for hydroxylation is 1. The van der Waals surface area contributed by atoms with Gasteiger partial charge in [0.05, 0.1) is 25.0 Å². The quantitative estimate of drug-likeness (QED) is 0.929. The second kappa shape index (κ2) is 5.00. The van der Waals surface area contributed by atoms with Crippen molar-refractivity contribution in [3.05, 3.63) is 34.6 Å². The van der Waals surface area contributed by atoms with E-state index in [9.17, 15) is 5.11 Å². The lowest BCUT2D eigenvalue weighted by Crippen LogP contribution is -2.00. The van der Waals surface area contributed by atoms with Gasteiger partial charge in [0, 0.05) is 7.05 Å². The first-order valence-electron chi connectivity index (χ1n) is 5.55. The topological polar surface area (TPSA) is 47.3 Å². The number of hydrogen-bond donors (Lipinski definition) is 1. The van der Waals surface area contributed by atoms with Gasteiger partial charge in [0.2, 0.25) is 0 Å². The van der Waals surface area contributed by atoms with Crippen LogP contribution in [-0.2, 0) is 13.7 Å². The van der Waals surface area contributed by atoms with Crippen LogP contribution in [0.15, 0.2) is 18.2 Å². The van der Waals surface area contributed by atoms with Crippen LogP contribution in [0.5, 0.6) is 5.75 Å². The predicted molar refractivity (Wildman–Crippen MR) is 70.9 cm³/mol. The van der Waals surface area contributed by atoms with Gasteiger partial charge < -0.3 is 14.4 Å². The lowest BCUT2D eigenvalue weighted by molar-refractivity contribution is 0.273. The average Bonchev–Trinajstić information content (AvgIpc) is 2.64. The summed E-state index contributed by atoms with van der Waals surface area (Å²) in [6.45, 7) is 1.86. The molecular weight excluding hydrogens is 252 g/mol. The fourth-order valence-corrected chi connectivity index (χ4v) is 2.17.